The summed E-state index contributed by atoms with van der Waals surface area (Å²) in [6, 6.07) is 12.5. The molecule has 0 aromatic heterocycles. The lowest BCUT2D eigenvalue weighted by Gasteiger charge is -1.99. The van der Waals surface area contributed by atoms with E-state index in [-0.39, 0.29) is 10.5 Å². The van der Waals surface area contributed by atoms with Crippen LogP contribution in [0.3, 0.4) is 0 Å². The molecule has 0 unspecified atom stereocenters. The van der Waals surface area contributed by atoms with Crippen LogP contribution in [-0.2, 0) is 9.84 Å². The van der Waals surface area contributed by atoms with Gasteiger partial charge in [-0.3, -0.25) is 4.99 Å². The van der Waals surface area contributed by atoms with Crippen molar-refractivity contribution in [3.8, 4) is 0 Å². The van der Waals surface area contributed by atoms with Gasteiger partial charge in [0.1, 0.15) is 0 Å². The van der Waals surface area contributed by atoms with Crippen LogP contribution in [0.2, 0.25) is 0 Å². The third-order valence-corrected chi connectivity index (χ3v) is 3.91. The topological polar surface area (TPSA) is 83.8 Å². The van der Waals surface area contributed by atoms with E-state index in [0.717, 1.165) is 11.8 Å². The number of nitrogens with zero attached hydrogens (tertiary/aromatic N) is 1. The maximum atomic E-state index is 11.3. The van der Waals surface area contributed by atoms with E-state index in [1.165, 1.54) is 24.3 Å². The monoisotopic (exact) mass is 303 g/mol. The fourth-order valence-corrected chi connectivity index (χ4v) is 2.27. The van der Waals surface area contributed by atoms with Gasteiger partial charge in [-0.15, -0.1) is 0 Å². The smallest absolute Gasteiger partial charge is 0.335 e. The first-order valence-corrected chi connectivity index (χ1v) is 7.93. The quantitative estimate of drug-likeness (QED) is 0.880. The minimum Gasteiger partial charge on any atom is -0.478 e. The van der Waals surface area contributed by atoms with Crippen LogP contribution in [0.4, 0.5) is 5.69 Å². The summed E-state index contributed by atoms with van der Waals surface area (Å²) in [7, 11) is -3.21. The van der Waals surface area contributed by atoms with Crippen molar-refractivity contribution in [2.45, 2.75) is 4.90 Å². The predicted molar refractivity (Wildman–Crippen MR) is 80.2 cm³/mol. The van der Waals surface area contributed by atoms with Crippen molar-refractivity contribution in [3.05, 3.63) is 59.7 Å². The van der Waals surface area contributed by atoms with Gasteiger partial charge in [-0.2, -0.15) is 0 Å². The molecule has 0 bridgehead atoms. The van der Waals surface area contributed by atoms with Crippen molar-refractivity contribution in [2.75, 3.05) is 6.26 Å². The molecule has 0 aliphatic rings. The lowest BCUT2D eigenvalue weighted by atomic mass is 10.1. The van der Waals surface area contributed by atoms with Crippen LogP contribution in [0.1, 0.15) is 15.9 Å². The Morgan fingerprint density at radius 2 is 1.62 bits per heavy atom. The highest BCUT2D eigenvalue weighted by Crippen LogP contribution is 2.16. The van der Waals surface area contributed by atoms with Gasteiger partial charge in [-0.05, 0) is 42.0 Å². The molecule has 108 valence electrons. The molecule has 2 aromatic carbocycles. The first kappa shape index (κ1) is 14.9. The van der Waals surface area contributed by atoms with E-state index < -0.39 is 15.8 Å². The summed E-state index contributed by atoms with van der Waals surface area (Å²) in [6.07, 6.45) is 2.73. The van der Waals surface area contributed by atoms with E-state index in [2.05, 4.69) is 4.99 Å². The molecule has 0 saturated heterocycles. The summed E-state index contributed by atoms with van der Waals surface area (Å²) in [4.78, 5) is 15.2. The van der Waals surface area contributed by atoms with Gasteiger partial charge in [0, 0.05) is 12.5 Å². The fraction of sp³-hybridized carbons (Fsp3) is 0.0667. The largest absolute Gasteiger partial charge is 0.478 e. The van der Waals surface area contributed by atoms with Crippen molar-refractivity contribution < 1.29 is 18.3 Å². The van der Waals surface area contributed by atoms with Crippen LogP contribution in [0, 0.1) is 0 Å². The summed E-state index contributed by atoms with van der Waals surface area (Å²) in [5.41, 5.74) is 1.58. The first-order chi connectivity index (χ1) is 9.86. The van der Waals surface area contributed by atoms with E-state index in [9.17, 15) is 13.2 Å². The number of aliphatic imine (C=N–C) groups is 1. The second-order valence-corrected chi connectivity index (χ2v) is 6.47. The highest BCUT2D eigenvalue weighted by Gasteiger charge is 2.05. The molecule has 0 spiro atoms. The molecule has 0 aliphatic heterocycles. The Labute approximate surface area is 122 Å². The van der Waals surface area contributed by atoms with Gasteiger partial charge >= 0.3 is 5.97 Å². The number of benzene rings is 2. The normalized spacial score (nSPS) is 11.7. The Morgan fingerprint density at radius 1 is 1.05 bits per heavy atom. The number of hydrogen-bond acceptors (Lipinski definition) is 4. The summed E-state index contributed by atoms with van der Waals surface area (Å²) >= 11 is 0. The Kier molecular flexibility index (Phi) is 4.18. The van der Waals surface area contributed by atoms with E-state index in [4.69, 9.17) is 5.11 Å². The number of sulfone groups is 1. The third-order valence-electron chi connectivity index (χ3n) is 2.79. The average molecular weight is 303 g/mol. The molecular weight excluding hydrogens is 290 g/mol. The summed E-state index contributed by atoms with van der Waals surface area (Å²) in [5.74, 6) is -0.977. The van der Waals surface area contributed by atoms with Gasteiger partial charge in [0.15, 0.2) is 9.84 Å². The molecule has 2 rings (SSSR count). The Balaban J connectivity index is 2.15. The molecule has 0 saturated carbocycles. The van der Waals surface area contributed by atoms with Gasteiger partial charge < -0.3 is 5.11 Å². The van der Waals surface area contributed by atoms with Crippen LogP contribution >= 0.6 is 0 Å². The molecule has 1 N–H and O–H groups in total. The molecule has 0 heterocycles. The minimum absolute atomic E-state index is 0.213. The van der Waals surface area contributed by atoms with E-state index in [1.807, 2.05) is 0 Å². The average Bonchev–Trinajstić information content (AvgIpc) is 2.45. The third kappa shape index (κ3) is 4.00. The van der Waals surface area contributed by atoms with Crippen LogP contribution in [0.25, 0.3) is 0 Å². The molecule has 0 amide bonds. The second kappa shape index (κ2) is 5.88. The van der Waals surface area contributed by atoms with Crippen molar-refractivity contribution in [1.29, 1.82) is 0 Å². The molecular formula is C15H13NO4S. The van der Waals surface area contributed by atoms with Crippen molar-refractivity contribution in [1.82, 2.24) is 0 Å². The highest BCUT2D eigenvalue weighted by molar-refractivity contribution is 7.90. The summed E-state index contributed by atoms with van der Waals surface area (Å²) in [5, 5.41) is 8.79. The molecule has 0 aliphatic carbocycles. The lowest BCUT2D eigenvalue weighted by Crippen LogP contribution is -1.96. The van der Waals surface area contributed by atoms with E-state index in [1.54, 1.807) is 30.5 Å². The molecule has 21 heavy (non-hydrogen) atoms. The number of carbonyl (C=O) groups is 1. The van der Waals surface area contributed by atoms with Crippen LogP contribution in [0.15, 0.2) is 58.4 Å². The maximum absolute atomic E-state index is 11.3. The minimum atomic E-state index is -3.21. The van der Waals surface area contributed by atoms with E-state index >= 15 is 0 Å². The zero-order valence-corrected chi connectivity index (χ0v) is 12.0. The van der Waals surface area contributed by atoms with Crippen molar-refractivity contribution >= 4 is 27.7 Å². The number of carboxylic acids is 1. The molecule has 0 atom stereocenters. The lowest BCUT2D eigenvalue weighted by molar-refractivity contribution is 0.0697. The maximum Gasteiger partial charge on any atom is 0.335 e. The van der Waals surface area contributed by atoms with Gasteiger partial charge in [-0.1, -0.05) is 12.1 Å². The number of rotatable bonds is 4. The SMILES string of the molecule is CS(=O)(=O)c1ccc(/N=C/c2ccc(C(=O)O)cc2)cc1. The number of hydrogen-bond donors (Lipinski definition) is 1. The number of aromatic carboxylic acids is 1. The number of carboxylic acid groups (broad SMARTS) is 1. The van der Waals surface area contributed by atoms with Gasteiger partial charge in [0.25, 0.3) is 0 Å². The summed E-state index contributed by atoms with van der Waals surface area (Å²) in [6.45, 7) is 0. The van der Waals surface area contributed by atoms with Crippen LogP contribution in [0.5, 0.6) is 0 Å². The summed E-state index contributed by atoms with van der Waals surface area (Å²) < 4.78 is 22.6. The van der Waals surface area contributed by atoms with Crippen LogP contribution < -0.4 is 0 Å². The van der Waals surface area contributed by atoms with E-state index in [0.29, 0.717) is 5.69 Å². The van der Waals surface area contributed by atoms with Gasteiger partial charge in [0.2, 0.25) is 0 Å². The Morgan fingerprint density at radius 3 is 2.10 bits per heavy atom. The molecule has 5 nitrogen and oxygen atoms in total. The zero-order chi connectivity index (χ0) is 15.5. The molecule has 6 heteroatoms. The van der Waals surface area contributed by atoms with Gasteiger partial charge in [-0.25, -0.2) is 13.2 Å². The molecule has 2 aromatic rings. The van der Waals surface area contributed by atoms with Gasteiger partial charge in [0.05, 0.1) is 16.1 Å². The van der Waals surface area contributed by atoms with Crippen LogP contribution in [-0.4, -0.2) is 32.0 Å². The Bertz CT molecular complexity index is 775. The predicted octanol–water partition coefficient (Wildman–Crippen LogP) is 2.54. The first-order valence-electron chi connectivity index (χ1n) is 6.04. The zero-order valence-electron chi connectivity index (χ0n) is 11.2. The molecule has 0 radical (unpaired) electrons. The Hall–Kier alpha value is -2.47. The molecule has 0 fully saturated rings. The van der Waals surface area contributed by atoms with Crippen molar-refractivity contribution in [3.63, 3.8) is 0 Å². The van der Waals surface area contributed by atoms with Crippen molar-refractivity contribution in [2.24, 2.45) is 4.99 Å². The second-order valence-electron chi connectivity index (χ2n) is 4.45. The standard InChI is InChI=1S/C15H13NO4S/c1-21(19,20)14-8-6-13(7-9-14)16-10-11-2-4-12(5-3-11)15(17)18/h2-10H,1H3,(H,17,18)/b16-10+. The fourth-order valence-electron chi connectivity index (χ4n) is 1.64. The highest BCUT2D eigenvalue weighted by atomic mass is 32.2.